The van der Waals surface area contributed by atoms with Gasteiger partial charge >= 0.3 is 0 Å². The highest BCUT2D eigenvalue weighted by molar-refractivity contribution is 7.89. The number of sulfonamides is 1. The number of aliphatic hydroxyl groups excluding tert-OH is 1. The van der Waals surface area contributed by atoms with Crippen LogP contribution in [0.15, 0.2) is 23.1 Å². The molecule has 0 amide bonds. The summed E-state index contributed by atoms with van der Waals surface area (Å²) in [6.07, 6.45) is 2.89. The number of benzene rings is 1. The molecule has 1 N–H and O–H groups in total. The van der Waals surface area contributed by atoms with E-state index in [2.05, 4.69) is 0 Å². The summed E-state index contributed by atoms with van der Waals surface area (Å²) < 4.78 is 40.1. The molecule has 0 aromatic heterocycles. The lowest BCUT2D eigenvalue weighted by atomic mass is 10.2. The van der Waals surface area contributed by atoms with Crippen LogP contribution in [0.25, 0.3) is 0 Å². The number of hydrogen-bond donors (Lipinski definition) is 1. The molecule has 0 bridgehead atoms. The van der Waals surface area contributed by atoms with Gasteiger partial charge in [-0.1, -0.05) is 0 Å². The monoisotopic (exact) mass is 301 g/mol. The van der Waals surface area contributed by atoms with Crippen LogP contribution in [0.2, 0.25) is 0 Å². The molecule has 1 fully saturated rings. The Morgan fingerprint density at radius 3 is 2.55 bits per heavy atom. The number of rotatable bonds is 7. The van der Waals surface area contributed by atoms with Gasteiger partial charge in [-0.15, -0.1) is 0 Å². The lowest BCUT2D eigenvalue weighted by Gasteiger charge is -2.22. The summed E-state index contributed by atoms with van der Waals surface area (Å²) >= 11 is 0. The first kappa shape index (κ1) is 15.4. The number of aliphatic hydroxyl groups is 1. The maximum absolute atomic E-state index is 13.4. The van der Waals surface area contributed by atoms with Gasteiger partial charge in [-0.05, 0) is 56.4 Å². The van der Waals surface area contributed by atoms with Crippen LogP contribution in [0, 0.1) is 12.7 Å². The van der Waals surface area contributed by atoms with Crippen LogP contribution in [0.5, 0.6) is 0 Å². The summed E-state index contributed by atoms with van der Waals surface area (Å²) in [5.41, 5.74) is 0.592. The summed E-state index contributed by atoms with van der Waals surface area (Å²) in [5.74, 6) is -0.533. The van der Waals surface area contributed by atoms with E-state index in [0.29, 0.717) is 24.9 Å². The van der Waals surface area contributed by atoms with E-state index in [0.717, 1.165) is 18.9 Å². The van der Waals surface area contributed by atoms with Crippen molar-refractivity contribution in [2.45, 2.75) is 43.5 Å². The zero-order valence-corrected chi connectivity index (χ0v) is 12.4. The van der Waals surface area contributed by atoms with Crippen molar-refractivity contribution in [3.63, 3.8) is 0 Å². The maximum Gasteiger partial charge on any atom is 0.243 e. The normalized spacial score (nSPS) is 15.8. The Hall–Kier alpha value is -0.980. The van der Waals surface area contributed by atoms with Gasteiger partial charge in [0.2, 0.25) is 10.0 Å². The van der Waals surface area contributed by atoms with Crippen molar-refractivity contribution >= 4 is 10.0 Å². The van der Waals surface area contributed by atoms with E-state index in [1.807, 2.05) is 0 Å². The Bertz CT molecular complexity index is 550. The summed E-state index contributed by atoms with van der Waals surface area (Å²) in [4.78, 5) is 0.0194. The highest BCUT2D eigenvalue weighted by Gasteiger charge is 2.37. The molecule has 0 aliphatic heterocycles. The molecular weight excluding hydrogens is 281 g/mol. The fraction of sp³-hybridized carbons (Fsp3) is 0.571. The Labute approximate surface area is 119 Å². The second-order valence-electron chi connectivity index (χ2n) is 5.24. The van der Waals surface area contributed by atoms with Crippen molar-refractivity contribution in [3.05, 3.63) is 29.6 Å². The zero-order chi connectivity index (χ0) is 14.8. The Balaban J connectivity index is 2.25. The Morgan fingerprint density at radius 2 is 2.00 bits per heavy atom. The molecule has 1 aliphatic rings. The number of unbranched alkanes of at least 4 members (excludes halogenated alkanes) is 1. The lowest BCUT2D eigenvalue weighted by Crippen LogP contribution is -2.34. The van der Waals surface area contributed by atoms with Crippen molar-refractivity contribution in [1.82, 2.24) is 4.31 Å². The molecule has 0 radical (unpaired) electrons. The van der Waals surface area contributed by atoms with Gasteiger partial charge in [0.1, 0.15) is 5.82 Å². The highest BCUT2D eigenvalue weighted by Crippen LogP contribution is 2.32. The number of halogens is 1. The summed E-state index contributed by atoms with van der Waals surface area (Å²) in [7, 11) is -3.65. The SMILES string of the molecule is Cc1cc(F)cc(S(=O)(=O)N(CCCCO)C2CC2)c1. The molecule has 20 heavy (non-hydrogen) atoms. The average molecular weight is 301 g/mol. The molecule has 1 aromatic carbocycles. The summed E-state index contributed by atoms with van der Waals surface area (Å²) in [6.45, 7) is 2.11. The zero-order valence-electron chi connectivity index (χ0n) is 11.5. The van der Waals surface area contributed by atoms with Crippen molar-refractivity contribution in [2.24, 2.45) is 0 Å². The molecule has 4 nitrogen and oxygen atoms in total. The van der Waals surface area contributed by atoms with Gasteiger partial charge in [-0.2, -0.15) is 4.31 Å². The molecule has 1 aromatic rings. The first-order valence-corrected chi connectivity index (χ1v) is 8.29. The average Bonchev–Trinajstić information content (AvgIpc) is 3.17. The standard InChI is InChI=1S/C14H20FNO3S/c1-11-8-12(15)10-14(9-11)20(18,19)16(13-4-5-13)6-2-3-7-17/h8-10,13,17H,2-7H2,1H3. The second-order valence-corrected chi connectivity index (χ2v) is 7.13. The third-order valence-electron chi connectivity index (χ3n) is 3.36. The molecule has 0 unspecified atom stereocenters. The van der Waals surface area contributed by atoms with E-state index in [9.17, 15) is 12.8 Å². The second kappa shape index (κ2) is 6.20. The van der Waals surface area contributed by atoms with Gasteiger partial charge in [0.15, 0.2) is 0 Å². The minimum absolute atomic E-state index is 0.0194. The first-order valence-electron chi connectivity index (χ1n) is 6.85. The van der Waals surface area contributed by atoms with E-state index >= 15 is 0 Å². The van der Waals surface area contributed by atoms with Crippen molar-refractivity contribution in [3.8, 4) is 0 Å². The van der Waals surface area contributed by atoms with E-state index in [-0.39, 0.29) is 17.5 Å². The smallest absolute Gasteiger partial charge is 0.243 e. The van der Waals surface area contributed by atoms with E-state index in [1.54, 1.807) is 6.92 Å². The van der Waals surface area contributed by atoms with E-state index < -0.39 is 15.8 Å². The van der Waals surface area contributed by atoms with Crippen molar-refractivity contribution < 1.29 is 17.9 Å². The maximum atomic E-state index is 13.4. The molecule has 112 valence electrons. The molecule has 0 spiro atoms. The molecule has 0 heterocycles. The summed E-state index contributed by atoms with van der Waals surface area (Å²) in [6, 6.07) is 3.91. The number of hydrogen-bond acceptors (Lipinski definition) is 3. The van der Waals surface area contributed by atoms with E-state index in [4.69, 9.17) is 5.11 Å². The highest BCUT2D eigenvalue weighted by atomic mass is 32.2. The predicted octanol–water partition coefficient (Wildman–Crippen LogP) is 2.06. The Morgan fingerprint density at radius 1 is 1.30 bits per heavy atom. The first-order chi connectivity index (χ1) is 9.45. The van der Waals surface area contributed by atoms with Crippen molar-refractivity contribution in [1.29, 1.82) is 0 Å². The summed E-state index contributed by atoms with van der Waals surface area (Å²) in [5, 5.41) is 8.81. The van der Waals surface area contributed by atoms with Crippen LogP contribution in [0.4, 0.5) is 4.39 Å². The number of nitrogens with zero attached hydrogens (tertiary/aromatic N) is 1. The molecule has 6 heteroatoms. The topological polar surface area (TPSA) is 57.6 Å². The van der Waals surface area contributed by atoms with Crippen LogP contribution in [-0.2, 0) is 10.0 Å². The molecule has 1 aliphatic carbocycles. The quantitative estimate of drug-likeness (QED) is 0.784. The van der Waals surface area contributed by atoms with Crippen LogP contribution in [0.3, 0.4) is 0 Å². The molecule has 0 atom stereocenters. The van der Waals surface area contributed by atoms with Gasteiger partial charge in [0.05, 0.1) is 4.90 Å². The molecular formula is C14H20FNO3S. The lowest BCUT2D eigenvalue weighted by molar-refractivity contribution is 0.275. The van der Waals surface area contributed by atoms with Gasteiger partial charge in [-0.3, -0.25) is 0 Å². The minimum Gasteiger partial charge on any atom is -0.396 e. The van der Waals surface area contributed by atoms with Crippen LogP contribution in [0.1, 0.15) is 31.2 Å². The van der Waals surface area contributed by atoms with E-state index in [1.165, 1.54) is 16.4 Å². The van der Waals surface area contributed by atoms with Gasteiger partial charge in [0.25, 0.3) is 0 Å². The third kappa shape index (κ3) is 3.56. The third-order valence-corrected chi connectivity index (χ3v) is 5.29. The van der Waals surface area contributed by atoms with Crippen LogP contribution >= 0.6 is 0 Å². The molecule has 0 saturated heterocycles. The van der Waals surface area contributed by atoms with Gasteiger partial charge in [0, 0.05) is 19.2 Å². The molecule has 2 rings (SSSR count). The molecule has 1 saturated carbocycles. The largest absolute Gasteiger partial charge is 0.396 e. The number of aryl methyl sites for hydroxylation is 1. The van der Waals surface area contributed by atoms with Crippen LogP contribution < -0.4 is 0 Å². The minimum atomic E-state index is -3.65. The Kier molecular flexibility index (Phi) is 4.78. The predicted molar refractivity (Wildman–Crippen MR) is 74.4 cm³/mol. The van der Waals surface area contributed by atoms with Gasteiger partial charge in [-0.25, -0.2) is 12.8 Å². The van der Waals surface area contributed by atoms with Crippen molar-refractivity contribution in [2.75, 3.05) is 13.2 Å². The fourth-order valence-electron chi connectivity index (χ4n) is 2.23. The van der Waals surface area contributed by atoms with Crippen LogP contribution in [-0.4, -0.2) is 37.0 Å². The van der Waals surface area contributed by atoms with Gasteiger partial charge < -0.3 is 5.11 Å². The fourth-order valence-corrected chi connectivity index (χ4v) is 4.07.